The van der Waals surface area contributed by atoms with E-state index in [1.807, 2.05) is 42.5 Å². The number of hydrogen-bond acceptors (Lipinski definition) is 3. The van der Waals surface area contributed by atoms with Gasteiger partial charge >= 0.3 is 0 Å². The van der Waals surface area contributed by atoms with Crippen LogP contribution in [0.3, 0.4) is 0 Å². The number of nitrogens with one attached hydrogen (secondary N) is 1. The Morgan fingerprint density at radius 3 is 2.30 bits per heavy atom. The third-order valence-corrected chi connectivity index (χ3v) is 3.01. The molecule has 0 atom stereocenters. The minimum Gasteiger partial charge on any atom is -0.479 e. The molecule has 20 heavy (non-hydrogen) atoms. The maximum absolute atomic E-state index is 8.43. The lowest BCUT2D eigenvalue weighted by atomic mass is 10.2. The predicted octanol–water partition coefficient (Wildman–Crippen LogP) is 4.51. The van der Waals surface area contributed by atoms with Gasteiger partial charge in [-0.25, -0.2) is 0 Å². The van der Waals surface area contributed by atoms with Crippen LogP contribution in [0, 0.1) is 11.3 Å². The van der Waals surface area contributed by atoms with E-state index in [2.05, 4.69) is 5.32 Å². The summed E-state index contributed by atoms with van der Waals surface area (Å²) < 4.78 is 5.18. The summed E-state index contributed by atoms with van der Waals surface area (Å²) in [5.74, 6) is 0.669. The Labute approximate surface area is 127 Å². The monoisotopic (exact) mass is 306 g/mol. The van der Waals surface area contributed by atoms with E-state index in [9.17, 15) is 0 Å². The molecule has 0 aliphatic heterocycles. The van der Waals surface area contributed by atoms with E-state index < -0.39 is 0 Å². The standard InChI is InChI=1S/C15H12Cl2N2O/c16-12-7-11(8-13(17)9-12)10-19-14-1-3-15(4-2-14)20-6-5-18/h1-4,7-9,19H,6,10H2. The molecule has 0 spiro atoms. The van der Waals surface area contributed by atoms with E-state index in [1.54, 1.807) is 6.07 Å². The fourth-order valence-corrected chi connectivity index (χ4v) is 2.27. The van der Waals surface area contributed by atoms with Gasteiger partial charge in [-0.1, -0.05) is 23.2 Å². The van der Waals surface area contributed by atoms with Crippen molar-refractivity contribution in [3.63, 3.8) is 0 Å². The molecule has 1 N–H and O–H groups in total. The molecule has 102 valence electrons. The zero-order valence-corrected chi connectivity index (χ0v) is 12.1. The van der Waals surface area contributed by atoms with Gasteiger partial charge in [0.1, 0.15) is 11.8 Å². The molecular formula is C15H12Cl2N2O. The molecule has 0 saturated carbocycles. The number of hydrogen-bond donors (Lipinski definition) is 1. The smallest absolute Gasteiger partial charge is 0.174 e. The van der Waals surface area contributed by atoms with Crippen LogP contribution in [0.5, 0.6) is 5.75 Å². The van der Waals surface area contributed by atoms with Gasteiger partial charge in [0.25, 0.3) is 0 Å². The average molecular weight is 307 g/mol. The molecule has 0 amide bonds. The zero-order valence-electron chi connectivity index (χ0n) is 10.6. The van der Waals surface area contributed by atoms with Crippen molar-refractivity contribution in [1.29, 1.82) is 5.26 Å². The van der Waals surface area contributed by atoms with Crippen molar-refractivity contribution in [3.8, 4) is 11.8 Å². The summed E-state index contributed by atoms with van der Waals surface area (Å²) in [5.41, 5.74) is 1.96. The molecule has 5 heteroatoms. The quantitative estimate of drug-likeness (QED) is 0.884. The summed E-state index contributed by atoms with van der Waals surface area (Å²) in [6, 6.07) is 14.8. The first-order chi connectivity index (χ1) is 9.67. The Balaban J connectivity index is 1.95. The molecule has 0 aliphatic carbocycles. The van der Waals surface area contributed by atoms with Crippen molar-refractivity contribution < 1.29 is 4.74 Å². The lowest BCUT2D eigenvalue weighted by Crippen LogP contribution is -1.99. The second kappa shape index (κ2) is 7.04. The largest absolute Gasteiger partial charge is 0.479 e. The van der Waals surface area contributed by atoms with Crippen molar-refractivity contribution in [2.24, 2.45) is 0 Å². The molecule has 2 aromatic rings. The molecule has 3 nitrogen and oxygen atoms in total. The number of halogens is 2. The molecule has 0 unspecified atom stereocenters. The van der Waals surface area contributed by atoms with Crippen molar-refractivity contribution in [2.75, 3.05) is 11.9 Å². The van der Waals surface area contributed by atoms with Crippen LogP contribution in [-0.4, -0.2) is 6.61 Å². The number of anilines is 1. The molecule has 0 saturated heterocycles. The Bertz CT molecular complexity index is 601. The Morgan fingerprint density at radius 2 is 1.70 bits per heavy atom. The van der Waals surface area contributed by atoms with Crippen LogP contribution in [-0.2, 0) is 6.54 Å². The maximum atomic E-state index is 8.43. The summed E-state index contributed by atoms with van der Waals surface area (Å²) >= 11 is 11.9. The van der Waals surface area contributed by atoms with Gasteiger partial charge in [-0.05, 0) is 48.0 Å². The van der Waals surface area contributed by atoms with Crippen LogP contribution < -0.4 is 10.1 Å². The number of nitriles is 1. The van der Waals surface area contributed by atoms with E-state index in [1.165, 1.54) is 0 Å². The Kier molecular flexibility index (Phi) is 5.11. The van der Waals surface area contributed by atoms with E-state index >= 15 is 0 Å². The minimum absolute atomic E-state index is 0.0494. The van der Waals surface area contributed by atoms with Gasteiger partial charge in [0, 0.05) is 22.3 Å². The van der Waals surface area contributed by atoms with Crippen molar-refractivity contribution in [1.82, 2.24) is 0 Å². The second-order valence-electron chi connectivity index (χ2n) is 4.10. The first-order valence-corrected chi connectivity index (χ1v) is 6.71. The molecule has 2 aromatic carbocycles. The average Bonchev–Trinajstić information content (AvgIpc) is 2.43. The van der Waals surface area contributed by atoms with Crippen LogP contribution in [0.1, 0.15) is 5.56 Å². The number of ether oxygens (including phenoxy) is 1. The van der Waals surface area contributed by atoms with E-state index in [0.29, 0.717) is 22.3 Å². The molecule has 0 fully saturated rings. The van der Waals surface area contributed by atoms with Gasteiger partial charge < -0.3 is 10.1 Å². The van der Waals surface area contributed by atoms with Crippen LogP contribution in [0.2, 0.25) is 10.0 Å². The van der Waals surface area contributed by atoms with Crippen molar-refractivity contribution >= 4 is 28.9 Å². The molecule has 0 bridgehead atoms. The van der Waals surface area contributed by atoms with Gasteiger partial charge in [0.15, 0.2) is 6.61 Å². The van der Waals surface area contributed by atoms with E-state index in [-0.39, 0.29) is 6.61 Å². The molecular weight excluding hydrogens is 295 g/mol. The second-order valence-corrected chi connectivity index (χ2v) is 4.98. The Morgan fingerprint density at radius 1 is 1.05 bits per heavy atom. The van der Waals surface area contributed by atoms with Gasteiger partial charge in [-0.3, -0.25) is 0 Å². The fourth-order valence-electron chi connectivity index (χ4n) is 1.70. The summed E-state index contributed by atoms with van der Waals surface area (Å²) in [6.45, 7) is 0.673. The molecule has 0 heterocycles. The number of nitrogens with zero attached hydrogens (tertiary/aromatic N) is 1. The Hall–Kier alpha value is -1.89. The van der Waals surface area contributed by atoms with Crippen LogP contribution in [0.15, 0.2) is 42.5 Å². The normalized spacial score (nSPS) is 9.85. The van der Waals surface area contributed by atoms with Gasteiger partial charge in [-0.15, -0.1) is 0 Å². The zero-order chi connectivity index (χ0) is 14.4. The summed E-state index contributed by atoms with van der Waals surface area (Å²) in [5, 5.41) is 12.9. The predicted molar refractivity (Wildman–Crippen MR) is 81.3 cm³/mol. The third kappa shape index (κ3) is 4.34. The van der Waals surface area contributed by atoms with Crippen LogP contribution >= 0.6 is 23.2 Å². The highest BCUT2D eigenvalue weighted by Crippen LogP contribution is 2.21. The van der Waals surface area contributed by atoms with Gasteiger partial charge in [0.05, 0.1) is 0 Å². The van der Waals surface area contributed by atoms with E-state index in [0.717, 1.165) is 11.3 Å². The molecule has 0 aromatic heterocycles. The summed E-state index contributed by atoms with van der Waals surface area (Å²) in [4.78, 5) is 0. The SMILES string of the molecule is N#CCOc1ccc(NCc2cc(Cl)cc(Cl)c2)cc1. The summed E-state index contributed by atoms with van der Waals surface area (Å²) in [7, 11) is 0. The highest BCUT2D eigenvalue weighted by atomic mass is 35.5. The molecule has 0 radical (unpaired) electrons. The highest BCUT2D eigenvalue weighted by Gasteiger charge is 1.99. The highest BCUT2D eigenvalue weighted by molar-refractivity contribution is 6.34. The van der Waals surface area contributed by atoms with E-state index in [4.69, 9.17) is 33.2 Å². The fraction of sp³-hybridized carbons (Fsp3) is 0.133. The lowest BCUT2D eigenvalue weighted by molar-refractivity contribution is 0.368. The number of rotatable bonds is 5. The molecule has 0 aliphatic rings. The first-order valence-electron chi connectivity index (χ1n) is 5.96. The lowest BCUT2D eigenvalue weighted by Gasteiger charge is -2.08. The van der Waals surface area contributed by atoms with Crippen LogP contribution in [0.4, 0.5) is 5.69 Å². The van der Waals surface area contributed by atoms with Crippen molar-refractivity contribution in [3.05, 3.63) is 58.1 Å². The minimum atomic E-state index is 0.0494. The first kappa shape index (κ1) is 14.5. The third-order valence-electron chi connectivity index (χ3n) is 2.58. The van der Waals surface area contributed by atoms with Gasteiger partial charge in [0.2, 0.25) is 0 Å². The maximum Gasteiger partial charge on any atom is 0.174 e. The van der Waals surface area contributed by atoms with Crippen LogP contribution in [0.25, 0.3) is 0 Å². The molecule has 2 rings (SSSR count). The van der Waals surface area contributed by atoms with Crippen molar-refractivity contribution in [2.45, 2.75) is 6.54 Å². The summed E-state index contributed by atoms with van der Waals surface area (Å²) in [6.07, 6.45) is 0. The topological polar surface area (TPSA) is 45.0 Å². The van der Waals surface area contributed by atoms with Gasteiger partial charge in [-0.2, -0.15) is 5.26 Å². The number of benzene rings is 2.